The number of ether oxygens (including phenoxy) is 1. The molecule has 0 amide bonds. The first-order valence-corrected chi connectivity index (χ1v) is 8.89. The number of aromatic nitrogens is 2. The van der Waals surface area contributed by atoms with Crippen molar-refractivity contribution in [3.63, 3.8) is 0 Å². The lowest BCUT2D eigenvalue weighted by atomic mass is 10.1. The lowest BCUT2D eigenvalue weighted by Crippen LogP contribution is -2.24. The molecule has 0 N–H and O–H groups in total. The smallest absolute Gasteiger partial charge is 0.305 e. The summed E-state index contributed by atoms with van der Waals surface area (Å²) in [6.45, 7) is 3.44. The van der Waals surface area contributed by atoms with Crippen LogP contribution < -0.4 is 4.57 Å². The lowest BCUT2D eigenvalue weighted by Gasteiger charge is -2.04. The zero-order valence-electron chi connectivity index (χ0n) is 14.4. The van der Waals surface area contributed by atoms with Gasteiger partial charge in [0.05, 0.1) is 7.05 Å². The Balaban J connectivity index is 1.87. The van der Waals surface area contributed by atoms with E-state index < -0.39 is 0 Å². The first-order chi connectivity index (χ1) is 10.7. The van der Waals surface area contributed by atoms with Gasteiger partial charge in [0.2, 0.25) is 6.33 Å². The van der Waals surface area contributed by atoms with Crippen molar-refractivity contribution in [2.75, 3.05) is 6.61 Å². The van der Waals surface area contributed by atoms with Gasteiger partial charge in [-0.25, -0.2) is 9.13 Å². The number of hydrogen-bond donors (Lipinski definition) is 0. The quantitative estimate of drug-likeness (QED) is 0.316. The van der Waals surface area contributed by atoms with E-state index in [4.69, 9.17) is 4.74 Å². The minimum Gasteiger partial charge on any atom is -0.461 e. The molecule has 0 fully saturated rings. The highest BCUT2D eigenvalue weighted by Crippen LogP contribution is 2.10. The third-order valence-electron chi connectivity index (χ3n) is 3.92. The predicted molar refractivity (Wildman–Crippen MR) is 88.4 cm³/mol. The Hall–Kier alpha value is -1.32. The van der Waals surface area contributed by atoms with Crippen molar-refractivity contribution in [1.29, 1.82) is 0 Å². The Kier molecular flexibility index (Phi) is 10.4. The topological polar surface area (TPSA) is 35.1 Å². The van der Waals surface area contributed by atoms with Crippen molar-refractivity contribution >= 4 is 5.97 Å². The van der Waals surface area contributed by atoms with Crippen LogP contribution in [0.1, 0.15) is 71.1 Å². The average molecular weight is 309 g/mol. The fourth-order valence-electron chi connectivity index (χ4n) is 2.55. The second kappa shape index (κ2) is 12.2. The fourth-order valence-corrected chi connectivity index (χ4v) is 2.55. The molecule has 4 heteroatoms. The van der Waals surface area contributed by atoms with Gasteiger partial charge in [-0.15, -0.1) is 0 Å². The summed E-state index contributed by atoms with van der Waals surface area (Å²) in [6.07, 6.45) is 17.9. The molecule has 0 unspecified atom stereocenters. The van der Waals surface area contributed by atoms with Crippen LogP contribution in [0.15, 0.2) is 18.7 Å². The Morgan fingerprint density at radius 3 is 2.27 bits per heavy atom. The predicted octanol–water partition coefficient (Wildman–Crippen LogP) is 3.78. The Bertz CT molecular complexity index is 402. The van der Waals surface area contributed by atoms with Gasteiger partial charge >= 0.3 is 5.97 Å². The van der Waals surface area contributed by atoms with E-state index in [0.29, 0.717) is 13.0 Å². The third kappa shape index (κ3) is 9.59. The van der Waals surface area contributed by atoms with Crippen molar-refractivity contribution in [3.05, 3.63) is 18.7 Å². The van der Waals surface area contributed by atoms with E-state index in [1.807, 2.05) is 34.9 Å². The highest BCUT2D eigenvalue weighted by Gasteiger charge is 2.05. The van der Waals surface area contributed by atoms with Crippen molar-refractivity contribution in [2.24, 2.45) is 7.05 Å². The number of rotatable bonds is 13. The van der Waals surface area contributed by atoms with Gasteiger partial charge in [-0.05, 0) is 6.42 Å². The molecule has 126 valence electrons. The molecular weight excluding hydrogens is 276 g/mol. The molecule has 0 saturated heterocycles. The molecule has 4 nitrogen and oxygen atoms in total. The molecule has 1 aromatic rings. The Morgan fingerprint density at radius 1 is 1.05 bits per heavy atom. The maximum atomic E-state index is 11.6. The summed E-state index contributed by atoms with van der Waals surface area (Å²) in [5.41, 5.74) is 0. The minimum atomic E-state index is -0.0560. The van der Waals surface area contributed by atoms with Crippen LogP contribution in [-0.4, -0.2) is 17.1 Å². The monoisotopic (exact) mass is 309 g/mol. The van der Waals surface area contributed by atoms with E-state index in [0.717, 1.165) is 19.4 Å². The first-order valence-electron chi connectivity index (χ1n) is 8.89. The Morgan fingerprint density at radius 2 is 1.68 bits per heavy atom. The zero-order chi connectivity index (χ0) is 16.0. The molecule has 0 radical (unpaired) electrons. The van der Waals surface area contributed by atoms with Crippen molar-refractivity contribution in [3.8, 4) is 0 Å². The molecule has 0 atom stereocenters. The van der Waals surface area contributed by atoms with Gasteiger partial charge in [-0.3, -0.25) is 4.79 Å². The lowest BCUT2D eigenvalue weighted by molar-refractivity contribution is -0.671. The Labute approximate surface area is 135 Å². The van der Waals surface area contributed by atoms with E-state index in [1.165, 1.54) is 44.9 Å². The number of hydrogen-bond acceptors (Lipinski definition) is 2. The SMILES string of the molecule is CCCCCCCCCCCC(=O)OCCn1cc[n+](C)c1. The number of imidazole rings is 1. The highest BCUT2D eigenvalue weighted by atomic mass is 16.5. The molecule has 0 aromatic carbocycles. The maximum Gasteiger partial charge on any atom is 0.305 e. The average Bonchev–Trinajstić information content (AvgIpc) is 2.91. The normalized spacial score (nSPS) is 10.8. The van der Waals surface area contributed by atoms with Gasteiger partial charge in [-0.1, -0.05) is 58.3 Å². The van der Waals surface area contributed by atoms with Crippen LogP contribution in [0.4, 0.5) is 0 Å². The van der Waals surface area contributed by atoms with Gasteiger partial charge in [0, 0.05) is 6.42 Å². The standard InChI is InChI=1S/C18H33N2O2/c1-3-4-5-6-7-8-9-10-11-12-18(21)22-16-15-20-14-13-19(2)17-20/h13-14,17H,3-12,15-16H2,1-2H3/q+1. The second-order valence-electron chi connectivity index (χ2n) is 6.12. The molecule has 1 heterocycles. The third-order valence-corrected chi connectivity index (χ3v) is 3.92. The number of aryl methyl sites for hydroxylation is 1. The molecule has 0 bridgehead atoms. The van der Waals surface area contributed by atoms with E-state index in [1.54, 1.807) is 0 Å². The van der Waals surface area contributed by atoms with Crippen molar-refractivity contribution < 1.29 is 14.1 Å². The van der Waals surface area contributed by atoms with Crippen LogP contribution in [0.5, 0.6) is 0 Å². The van der Waals surface area contributed by atoms with Gasteiger partial charge in [0.15, 0.2) is 0 Å². The maximum absolute atomic E-state index is 11.6. The first kappa shape index (κ1) is 18.7. The van der Waals surface area contributed by atoms with Gasteiger partial charge < -0.3 is 4.74 Å². The summed E-state index contributed by atoms with van der Waals surface area (Å²) in [5, 5.41) is 0. The van der Waals surface area contributed by atoms with E-state index in [-0.39, 0.29) is 5.97 Å². The number of carbonyl (C=O) groups excluding carboxylic acids is 1. The summed E-state index contributed by atoms with van der Waals surface area (Å²) in [6, 6.07) is 0. The summed E-state index contributed by atoms with van der Waals surface area (Å²) in [5.74, 6) is -0.0560. The number of esters is 1. The minimum absolute atomic E-state index is 0.0560. The van der Waals surface area contributed by atoms with E-state index >= 15 is 0 Å². The molecule has 0 saturated carbocycles. The van der Waals surface area contributed by atoms with Gasteiger partial charge in [0.1, 0.15) is 25.5 Å². The summed E-state index contributed by atoms with van der Waals surface area (Å²) in [4.78, 5) is 11.6. The molecular formula is C18H33N2O2+. The molecule has 1 rings (SSSR count). The van der Waals surface area contributed by atoms with Crippen molar-refractivity contribution in [1.82, 2.24) is 4.57 Å². The van der Waals surface area contributed by atoms with Crippen LogP contribution in [0.3, 0.4) is 0 Å². The molecule has 0 aliphatic carbocycles. The summed E-state index contributed by atoms with van der Waals surface area (Å²) in [7, 11) is 1.98. The number of unbranched alkanes of at least 4 members (excludes halogenated alkanes) is 8. The van der Waals surface area contributed by atoms with Gasteiger partial charge in [-0.2, -0.15) is 0 Å². The van der Waals surface area contributed by atoms with Crippen LogP contribution >= 0.6 is 0 Å². The summed E-state index contributed by atoms with van der Waals surface area (Å²) >= 11 is 0. The molecule has 0 aliphatic heterocycles. The zero-order valence-corrected chi connectivity index (χ0v) is 14.4. The molecule has 1 aromatic heterocycles. The van der Waals surface area contributed by atoms with Crippen molar-refractivity contribution in [2.45, 2.75) is 77.7 Å². The van der Waals surface area contributed by atoms with Crippen LogP contribution in [0.25, 0.3) is 0 Å². The second-order valence-corrected chi connectivity index (χ2v) is 6.12. The summed E-state index contributed by atoms with van der Waals surface area (Å²) < 4.78 is 9.25. The number of nitrogens with zero attached hydrogens (tertiary/aromatic N) is 2. The molecule has 22 heavy (non-hydrogen) atoms. The fraction of sp³-hybridized carbons (Fsp3) is 0.778. The van der Waals surface area contributed by atoms with Crippen LogP contribution in [0, 0.1) is 0 Å². The van der Waals surface area contributed by atoms with E-state index in [2.05, 4.69) is 6.92 Å². The molecule has 0 spiro atoms. The largest absolute Gasteiger partial charge is 0.461 e. The van der Waals surface area contributed by atoms with Crippen LogP contribution in [0.2, 0.25) is 0 Å². The van der Waals surface area contributed by atoms with Gasteiger partial charge in [0.25, 0.3) is 0 Å². The van der Waals surface area contributed by atoms with Crippen LogP contribution in [-0.2, 0) is 23.1 Å². The highest BCUT2D eigenvalue weighted by molar-refractivity contribution is 5.69. The number of carbonyl (C=O) groups is 1. The van der Waals surface area contributed by atoms with E-state index in [9.17, 15) is 4.79 Å². The molecule has 0 aliphatic rings.